The van der Waals surface area contributed by atoms with Crippen LogP contribution in [0.25, 0.3) is 11.2 Å². The minimum Gasteiger partial charge on any atom is -0.309 e. The fourth-order valence-electron chi connectivity index (χ4n) is 8.74. The molecule has 10 heteroatoms. The van der Waals surface area contributed by atoms with Crippen LogP contribution in [0.3, 0.4) is 0 Å². The summed E-state index contributed by atoms with van der Waals surface area (Å²) in [7, 11) is 0. The van der Waals surface area contributed by atoms with Gasteiger partial charge < -0.3 is 4.57 Å². The highest BCUT2D eigenvalue weighted by Crippen LogP contribution is 2.66. The maximum Gasteiger partial charge on any atom is 0.165 e. The number of ketones is 2. The number of halogens is 1. The lowest BCUT2D eigenvalue weighted by Crippen LogP contribution is -2.53. The molecule has 3 aromatic rings. The second kappa shape index (κ2) is 8.16. The molecule has 0 amide bonds. The van der Waals surface area contributed by atoms with Crippen LogP contribution in [0.1, 0.15) is 76.9 Å². The van der Waals surface area contributed by atoms with E-state index in [0.717, 1.165) is 57.1 Å². The first-order valence-electron chi connectivity index (χ1n) is 13.6. The molecule has 0 N–H and O–H groups in total. The van der Waals surface area contributed by atoms with Gasteiger partial charge in [0, 0.05) is 18.3 Å². The lowest BCUT2D eigenvalue weighted by molar-refractivity contribution is -0.144. The van der Waals surface area contributed by atoms with E-state index in [-0.39, 0.29) is 16.9 Å². The van der Waals surface area contributed by atoms with Gasteiger partial charge in [0.1, 0.15) is 29.4 Å². The number of hydrogen-bond donors (Lipinski definition) is 0. The van der Waals surface area contributed by atoms with Crippen LogP contribution in [-0.4, -0.2) is 46.1 Å². The first kappa shape index (κ1) is 23.4. The van der Waals surface area contributed by atoms with Gasteiger partial charge in [-0.25, -0.2) is 19.6 Å². The van der Waals surface area contributed by atoms with Gasteiger partial charge in [-0.15, -0.1) is 5.10 Å². The van der Waals surface area contributed by atoms with Crippen molar-refractivity contribution < 1.29 is 9.59 Å². The van der Waals surface area contributed by atoms with Crippen LogP contribution in [0.4, 0.5) is 0 Å². The van der Waals surface area contributed by atoms with Crippen molar-refractivity contribution in [3.63, 3.8) is 0 Å². The third kappa shape index (κ3) is 3.38. The zero-order valence-electron chi connectivity index (χ0n) is 21.3. The first-order valence-corrected chi connectivity index (χ1v) is 13.9. The monoisotopic (exact) mass is 521 g/mol. The molecule has 7 rings (SSSR count). The van der Waals surface area contributed by atoms with E-state index < -0.39 is 0 Å². The summed E-state index contributed by atoms with van der Waals surface area (Å²) in [6.45, 7) is 5.09. The molecule has 0 spiro atoms. The van der Waals surface area contributed by atoms with E-state index in [4.69, 9.17) is 11.6 Å². The third-order valence-corrected chi connectivity index (χ3v) is 11.1. The Balaban J connectivity index is 1.13. The highest BCUT2D eigenvalue weighted by atomic mass is 35.5. The van der Waals surface area contributed by atoms with Crippen LogP contribution in [-0.2, 0) is 16.1 Å². The van der Waals surface area contributed by atoms with E-state index in [1.165, 1.54) is 6.33 Å². The molecule has 194 valence electrons. The van der Waals surface area contributed by atoms with Crippen LogP contribution in [0, 0.1) is 34.5 Å². The number of hydrogen-bond acceptors (Lipinski definition) is 7. The van der Waals surface area contributed by atoms with Crippen molar-refractivity contribution in [2.24, 2.45) is 34.5 Å². The molecular weight excluding hydrogens is 490 g/mol. The molecule has 3 heterocycles. The van der Waals surface area contributed by atoms with Gasteiger partial charge in [0.2, 0.25) is 0 Å². The summed E-state index contributed by atoms with van der Waals surface area (Å²) in [6, 6.07) is -0.273. The Labute approximate surface area is 220 Å². The van der Waals surface area contributed by atoms with Crippen LogP contribution < -0.4 is 0 Å². The summed E-state index contributed by atoms with van der Waals surface area (Å²) in [6.07, 6.45) is 12.6. The minimum atomic E-state index is -0.306. The number of imidazole rings is 1. The predicted octanol–water partition coefficient (Wildman–Crippen LogP) is 4.45. The fourth-order valence-corrected chi connectivity index (χ4v) is 8.92. The van der Waals surface area contributed by atoms with Gasteiger partial charge in [0.05, 0.1) is 19.1 Å². The van der Waals surface area contributed by atoms with Gasteiger partial charge in [-0.05, 0) is 67.6 Å². The van der Waals surface area contributed by atoms with Gasteiger partial charge in [-0.3, -0.25) is 9.59 Å². The maximum absolute atomic E-state index is 13.9. The Bertz CT molecular complexity index is 1420. The summed E-state index contributed by atoms with van der Waals surface area (Å²) in [5.74, 6) is 2.79. The molecular formula is C27H32ClN7O2. The number of nitrogens with zero attached hydrogens (tertiary/aromatic N) is 7. The maximum atomic E-state index is 13.9. The van der Waals surface area contributed by atoms with E-state index in [9.17, 15) is 9.59 Å². The number of rotatable bonds is 3. The summed E-state index contributed by atoms with van der Waals surface area (Å²) >= 11 is 6.14. The lowest BCUT2D eigenvalue weighted by atomic mass is 9.45. The van der Waals surface area contributed by atoms with Crippen molar-refractivity contribution in [3.8, 4) is 0 Å². The second-order valence-electron chi connectivity index (χ2n) is 12.4. The Morgan fingerprint density at radius 3 is 2.81 bits per heavy atom. The molecule has 0 unspecified atom stereocenters. The molecule has 4 aliphatic rings. The van der Waals surface area contributed by atoms with Crippen molar-refractivity contribution in [1.82, 2.24) is 34.5 Å². The molecule has 0 aliphatic heterocycles. The molecule has 37 heavy (non-hydrogen) atoms. The number of carbonyl (C=O) groups is 2. The lowest BCUT2D eigenvalue weighted by Gasteiger charge is -2.59. The van der Waals surface area contributed by atoms with Crippen LogP contribution >= 0.6 is 11.6 Å². The van der Waals surface area contributed by atoms with Gasteiger partial charge in [-0.2, -0.15) is 0 Å². The molecule has 4 aliphatic carbocycles. The quantitative estimate of drug-likeness (QED) is 0.468. The fraction of sp³-hybridized carbons (Fsp3) is 0.667. The average Bonchev–Trinajstić information content (AvgIpc) is 3.58. The zero-order chi connectivity index (χ0) is 25.5. The van der Waals surface area contributed by atoms with Crippen molar-refractivity contribution in [1.29, 1.82) is 0 Å². The highest BCUT2D eigenvalue weighted by molar-refractivity contribution is 6.33. The van der Waals surface area contributed by atoms with Crippen LogP contribution in [0.5, 0.6) is 0 Å². The molecule has 0 bridgehead atoms. The number of aromatic nitrogens is 7. The molecule has 4 fully saturated rings. The minimum absolute atomic E-state index is 0.236. The molecule has 9 nitrogen and oxygen atoms in total. The summed E-state index contributed by atoms with van der Waals surface area (Å²) in [5.41, 5.74) is 1.88. The Kier molecular flexibility index (Phi) is 5.17. The Morgan fingerprint density at radius 1 is 1.08 bits per heavy atom. The summed E-state index contributed by atoms with van der Waals surface area (Å²) in [4.78, 5) is 38.7. The Hall–Kier alpha value is -2.68. The van der Waals surface area contributed by atoms with Crippen molar-refractivity contribution in [3.05, 3.63) is 29.7 Å². The zero-order valence-corrected chi connectivity index (χ0v) is 22.1. The van der Waals surface area contributed by atoms with Gasteiger partial charge >= 0.3 is 0 Å². The van der Waals surface area contributed by atoms with E-state index in [0.29, 0.717) is 58.1 Å². The summed E-state index contributed by atoms with van der Waals surface area (Å²) in [5, 5.41) is 9.14. The van der Waals surface area contributed by atoms with E-state index >= 15 is 0 Å². The highest BCUT2D eigenvalue weighted by Gasteiger charge is 2.62. The second-order valence-corrected chi connectivity index (χ2v) is 12.7. The topological polar surface area (TPSA) is 108 Å². The third-order valence-electron chi connectivity index (χ3n) is 10.8. The summed E-state index contributed by atoms with van der Waals surface area (Å²) < 4.78 is 3.66. The normalized spacial score (nSPS) is 37.4. The van der Waals surface area contributed by atoms with Crippen molar-refractivity contribution in [2.45, 2.75) is 77.8 Å². The molecule has 7 atom stereocenters. The number of Topliss-reactive ketones (excluding diaryl/α,β-unsaturated/α-hetero) is 2. The van der Waals surface area contributed by atoms with E-state index in [1.54, 1.807) is 11.0 Å². The Morgan fingerprint density at radius 2 is 1.95 bits per heavy atom. The van der Waals surface area contributed by atoms with E-state index in [2.05, 4.69) is 39.1 Å². The van der Waals surface area contributed by atoms with Gasteiger partial charge in [0.15, 0.2) is 16.6 Å². The molecule has 0 radical (unpaired) electrons. The molecule has 0 saturated heterocycles. The number of carbonyl (C=O) groups excluding carboxylic acids is 2. The molecule has 4 saturated carbocycles. The van der Waals surface area contributed by atoms with Crippen molar-refractivity contribution in [2.75, 3.05) is 0 Å². The van der Waals surface area contributed by atoms with Crippen molar-refractivity contribution >= 4 is 34.3 Å². The molecule has 3 aromatic heterocycles. The smallest absolute Gasteiger partial charge is 0.165 e. The molecule has 0 aromatic carbocycles. The predicted molar refractivity (Wildman–Crippen MR) is 136 cm³/mol. The van der Waals surface area contributed by atoms with Crippen LogP contribution in [0.15, 0.2) is 18.9 Å². The van der Waals surface area contributed by atoms with Gasteiger partial charge in [0.25, 0.3) is 0 Å². The standard InChI is InChI=1S/C27H32ClN7O2/c1-26-7-5-17(36)9-15(26)3-4-18-19(26)6-8-27(2)20(18)10-21(23(27)37)35-12-16(32-33-35)11-34-14-31-22-24(28)29-13-30-25(22)34/h12-15,18-21H,3-11H2,1-2H3/t15-,18+,19-,20-,21-,26-,27-/m0/s1. The van der Waals surface area contributed by atoms with Gasteiger partial charge in [-0.1, -0.05) is 30.7 Å². The van der Waals surface area contributed by atoms with E-state index in [1.807, 2.05) is 10.8 Å². The van der Waals surface area contributed by atoms with Crippen LogP contribution in [0.2, 0.25) is 5.15 Å². The average molecular weight is 522 g/mol. The number of fused-ring (bicyclic) bond motifs is 6. The first-order chi connectivity index (χ1) is 17.8. The largest absolute Gasteiger partial charge is 0.309 e. The SMILES string of the molecule is C[C@]12CCC(=O)C[C@@H]1CC[C@@H]1[C@@H]2CC[C@]2(C)C(=O)[C@@H](n3cc(Cn4cnc5c(Cl)ncnc54)nn3)C[C@@H]12.